The predicted molar refractivity (Wildman–Crippen MR) is 96.4 cm³/mol. The van der Waals surface area contributed by atoms with Gasteiger partial charge in [0.2, 0.25) is 0 Å². The zero-order valence-electron chi connectivity index (χ0n) is 14.9. The summed E-state index contributed by atoms with van der Waals surface area (Å²) in [4.78, 5) is 22.4. The molecule has 0 amide bonds. The predicted octanol–water partition coefficient (Wildman–Crippen LogP) is 3.48. The van der Waals surface area contributed by atoms with Crippen LogP contribution in [0, 0.1) is 18.3 Å². The van der Waals surface area contributed by atoms with E-state index in [0.29, 0.717) is 23.3 Å². The smallest absolute Gasteiger partial charge is 0.422 e. The number of carboxylic acid groups (broad SMARTS) is 1. The van der Waals surface area contributed by atoms with Gasteiger partial charge in [0.25, 0.3) is 0 Å². The molecule has 1 unspecified atom stereocenters. The van der Waals surface area contributed by atoms with Crippen LogP contribution in [-0.2, 0) is 16.0 Å². The van der Waals surface area contributed by atoms with Crippen molar-refractivity contribution in [3.8, 4) is 17.6 Å². The first-order valence-corrected chi connectivity index (χ1v) is 8.33. The molecule has 0 aliphatic carbocycles. The SMILES string of the molecule is Cc1cc2c(c(OC(=O)C(=O)O)c1)C(C)C(Cc1ccc(C#N)cc1)=CO2. The number of nitriles is 1. The third-order valence-corrected chi connectivity index (χ3v) is 4.44. The van der Waals surface area contributed by atoms with Gasteiger partial charge in [-0.1, -0.05) is 19.1 Å². The molecule has 1 N–H and O–H groups in total. The van der Waals surface area contributed by atoms with Crippen molar-refractivity contribution in [2.75, 3.05) is 0 Å². The number of benzene rings is 2. The number of hydrogen-bond acceptors (Lipinski definition) is 5. The van der Waals surface area contributed by atoms with Crippen molar-refractivity contribution in [2.45, 2.75) is 26.2 Å². The molecule has 0 bridgehead atoms. The number of carboxylic acids is 1. The maximum absolute atomic E-state index is 11.5. The van der Waals surface area contributed by atoms with Crippen molar-refractivity contribution in [1.29, 1.82) is 5.26 Å². The van der Waals surface area contributed by atoms with Crippen molar-refractivity contribution >= 4 is 11.9 Å². The standard InChI is InChI=1S/C21H17NO5/c1-12-7-17-19(18(8-12)27-21(25)20(23)24)13(2)16(11-26-17)9-14-3-5-15(10-22)6-4-14/h3-8,11,13H,9H2,1-2H3,(H,23,24). The minimum atomic E-state index is -1.65. The molecular formula is C21H17NO5. The highest BCUT2D eigenvalue weighted by molar-refractivity contribution is 6.29. The molecule has 0 saturated carbocycles. The summed E-state index contributed by atoms with van der Waals surface area (Å²) in [6, 6.07) is 12.8. The van der Waals surface area contributed by atoms with Gasteiger partial charge in [-0.2, -0.15) is 5.26 Å². The van der Waals surface area contributed by atoms with E-state index < -0.39 is 11.9 Å². The molecule has 0 spiro atoms. The van der Waals surface area contributed by atoms with Crippen LogP contribution in [0.5, 0.6) is 11.5 Å². The van der Waals surface area contributed by atoms with E-state index >= 15 is 0 Å². The normalized spacial score (nSPS) is 15.0. The molecule has 2 aromatic rings. The molecule has 0 aromatic heterocycles. The second-order valence-corrected chi connectivity index (χ2v) is 6.39. The Morgan fingerprint density at radius 1 is 1.26 bits per heavy atom. The highest BCUT2D eigenvalue weighted by Gasteiger charge is 2.28. The first-order valence-electron chi connectivity index (χ1n) is 8.33. The van der Waals surface area contributed by atoms with Gasteiger partial charge in [-0.15, -0.1) is 0 Å². The quantitative estimate of drug-likeness (QED) is 0.509. The number of nitrogens with zero attached hydrogens (tertiary/aromatic N) is 1. The lowest BCUT2D eigenvalue weighted by Crippen LogP contribution is -2.21. The molecule has 1 heterocycles. The zero-order chi connectivity index (χ0) is 19.6. The van der Waals surface area contributed by atoms with Crippen LogP contribution < -0.4 is 9.47 Å². The summed E-state index contributed by atoms with van der Waals surface area (Å²) in [6.07, 6.45) is 2.26. The monoisotopic (exact) mass is 363 g/mol. The average molecular weight is 363 g/mol. The van der Waals surface area contributed by atoms with Crippen LogP contribution in [0.1, 0.15) is 35.1 Å². The number of rotatable bonds is 3. The Labute approximate surface area is 156 Å². The summed E-state index contributed by atoms with van der Waals surface area (Å²) in [5.74, 6) is -2.39. The van der Waals surface area contributed by atoms with E-state index in [1.165, 1.54) is 0 Å². The van der Waals surface area contributed by atoms with E-state index in [4.69, 9.17) is 19.8 Å². The Bertz CT molecular complexity index is 983. The second-order valence-electron chi connectivity index (χ2n) is 6.39. The Morgan fingerprint density at radius 3 is 2.59 bits per heavy atom. The minimum absolute atomic E-state index is 0.137. The molecule has 2 aromatic carbocycles. The Morgan fingerprint density at radius 2 is 1.96 bits per heavy atom. The van der Waals surface area contributed by atoms with Crippen LogP contribution in [0.3, 0.4) is 0 Å². The fourth-order valence-corrected chi connectivity index (χ4v) is 3.04. The van der Waals surface area contributed by atoms with E-state index in [1.807, 2.05) is 32.0 Å². The van der Waals surface area contributed by atoms with E-state index in [9.17, 15) is 9.59 Å². The van der Waals surface area contributed by atoms with Crippen molar-refractivity contribution in [3.63, 3.8) is 0 Å². The van der Waals surface area contributed by atoms with Crippen molar-refractivity contribution in [2.24, 2.45) is 0 Å². The number of allylic oxidation sites excluding steroid dienone is 1. The number of aliphatic carboxylic acids is 1. The van der Waals surface area contributed by atoms with Gasteiger partial charge >= 0.3 is 11.9 Å². The summed E-state index contributed by atoms with van der Waals surface area (Å²) in [6.45, 7) is 3.76. The third kappa shape index (κ3) is 3.82. The van der Waals surface area contributed by atoms with Crippen LogP contribution >= 0.6 is 0 Å². The number of aryl methyl sites for hydroxylation is 1. The largest absolute Gasteiger partial charge is 0.473 e. The van der Waals surface area contributed by atoms with Crippen LogP contribution in [0.25, 0.3) is 0 Å². The second kappa shape index (κ2) is 7.34. The molecule has 0 radical (unpaired) electrons. The van der Waals surface area contributed by atoms with Gasteiger partial charge in [-0.05, 0) is 54.3 Å². The van der Waals surface area contributed by atoms with Gasteiger partial charge in [0.15, 0.2) is 0 Å². The number of ether oxygens (including phenoxy) is 2. The van der Waals surface area contributed by atoms with Crippen molar-refractivity contribution in [1.82, 2.24) is 0 Å². The molecule has 3 rings (SSSR count). The van der Waals surface area contributed by atoms with E-state index in [2.05, 4.69) is 6.07 Å². The molecular weight excluding hydrogens is 346 g/mol. The van der Waals surface area contributed by atoms with Gasteiger partial charge in [0.05, 0.1) is 17.9 Å². The molecule has 27 heavy (non-hydrogen) atoms. The molecule has 6 heteroatoms. The minimum Gasteiger partial charge on any atom is -0.473 e. The molecule has 0 fully saturated rings. The topological polar surface area (TPSA) is 96.6 Å². The molecule has 6 nitrogen and oxygen atoms in total. The molecule has 1 aliphatic rings. The summed E-state index contributed by atoms with van der Waals surface area (Å²) in [5.41, 5.74) is 3.97. The number of esters is 1. The summed E-state index contributed by atoms with van der Waals surface area (Å²) >= 11 is 0. The fraction of sp³-hybridized carbons (Fsp3) is 0.190. The van der Waals surface area contributed by atoms with E-state index in [1.54, 1.807) is 24.5 Å². The highest BCUT2D eigenvalue weighted by Crippen LogP contribution is 2.43. The first kappa shape index (κ1) is 18.2. The number of fused-ring (bicyclic) bond motifs is 1. The van der Waals surface area contributed by atoms with Gasteiger partial charge in [-0.3, -0.25) is 0 Å². The molecule has 1 atom stereocenters. The first-order chi connectivity index (χ1) is 12.9. The van der Waals surface area contributed by atoms with E-state index in [-0.39, 0.29) is 11.7 Å². The third-order valence-electron chi connectivity index (χ3n) is 4.44. The highest BCUT2D eigenvalue weighted by atomic mass is 16.6. The number of carbonyl (C=O) groups excluding carboxylic acids is 1. The van der Waals surface area contributed by atoms with E-state index in [0.717, 1.165) is 16.7 Å². The van der Waals surface area contributed by atoms with Gasteiger partial charge in [0.1, 0.15) is 11.5 Å². The average Bonchev–Trinajstić information content (AvgIpc) is 2.64. The molecule has 0 saturated heterocycles. The Balaban J connectivity index is 1.91. The van der Waals surface area contributed by atoms with Gasteiger partial charge < -0.3 is 14.6 Å². The maximum atomic E-state index is 11.5. The summed E-state index contributed by atoms with van der Waals surface area (Å²) in [7, 11) is 0. The molecule has 1 aliphatic heterocycles. The maximum Gasteiger partial charge on any atom is 0.422 e. The zero-order valence-corrected chi connectivity index (χ0v) is 14.9. The van der Waals surface area contributed by atoms with Crippen LogP contribution in [0.4, 0.5) is 0 Å². The lowest BCUT2D eigenvalue weighted by Gasteiger charge is -2.26. The van der Waals surface area contributed by atoms with Gasteiger partial charge in [-0.25, -0.2) is 9.59 Å². The summed E-state index contributed by atoms with van der Waals surface area (Å²) < 4.78 is 10.8. The fourth-order valence-electron chi connectivity index (χ4n) is 3.04. The number of hydrogen-bond donors (Lipinski definition) is 1. The van der Waals surface area contributed by atoms with Crippen LogP contribution in [-0.4, -0.2) is 17.0 Å². The van der Waals surface area contributed by atoms with Crippen LogP contribution in [0.2, 0.25) is 0 Å². The Hall–Kier alpha value is -3.59. The van der Waals surface area contributed by atoms with Crippen molar-refractivity contribution in [3.05, 3.63) is 70.5 Å². The van der Waals surface area contributed by atoms with Gasteiger partial charge in [0, 0.05) is 11.5 Å². The van der Waals surface area contributed by atoms with Crippen LogP contribution in [0.15, 0.2) is 48.2 Å². The van der Waals surface area contributed by atoms with Crippen molar-refractivity contribution < 1.29 is 24.2 Å². The lowest BCUT2D eigenvalue weighted by atomic mass is 9.86. The number of carbonyl (C=O) groups is 2. The Kier molecular flexibility index (Phi) is 4.95. The molecule has 136 valence electrons. The lowest BCUT2D eigenvalue weighted by molar-refractivity contribution is -0.158. The summed E-state index contributed by atoms with van der Waals surface area (Å²) in [5, 5.41) is 17.7.